The van der Waals surface area contributed by atoms with Crippen molar-refractivity contribution in [2.75, 3.05) is 27.2 Å². The summed E-state index contributed by atoms with van der Waals surface area (Å²) < 4.78 is 0. The largest absolute Gasteiger partial charge is 0.392 e. The van der Waals surface area contributed by atoms with Crippen LogP contribution in [0.1, 0.15) is 19.8 Å². The van der Waals surface area contributed by atoms with Crippen LogP contribution < -0.4 is 0 Å². The second-order valence-electron chi connectivity index (χ2n) is 4.07. The standard InChI is InChI=1S/C10H20N2O2/c1-4-8(13)7-12(3)9-5-6-11(2)10(9)14/h8-9,13H,4-7H2,1-3H3/t8-,9-/m1/s1. The van der Waals surface area contributed by atoms with Gasteiger partial charge in [-0.3, -0.25) is 9.69 Å². The zero-order valence-electron chi connectivity index (χ0n) is 9.23. The summed E-state index contributed by atoms with van der Waals surface area (Å²) >= 11 is 0. The summed E-state index contributed by atoms with van der Waals surface area (Å²) in [6, 6.07) is -0.0267. The van der Waals surface area contributed by atoms with Crippen molar-refractivity contribution in [3.05, 3.63) is 0 Å². The Hall–Kier alpha value is -0.610. The van der Waals surface area contributed by atoms with Gasteiger partial charge in [0.15, 0.2) is 0 Å². The highest BCUT2D eigenvalue weighted by Crippen LogP contribution is 2.14. The van der Waals surface area contributed by atoms with Crippen LogP contribution >= 0.6 is 0 Å². The van der Waals surface area contributed by atoms with E-state index in [1.807, 2.05) is 25.9 Å². The summed E-state index contributed by atoms with van der Waals surface area (Å²) in [6.07, 6.45) is 1.29. The van der Waals surface area contributed by atoms with E-state index in [2.05, 4.69) is 0 Å². The Morgan fingerprint density at radius 3 is 2.79 bits per heavy atom. The van der Waals surface area contributed by atoms with Crippen molar-refractivity contribution in [1.29, 1.82) is 0 Å². The van der Waals surface area contributed by atoms with Crippen molar-refractivity contribution < 1.29 is 9.90 Å². The third-order valence-corrected chi connectivity index (χ3v) is 2.90. The van der Waals surface area contributed by atoms with E-state index in [4.69, 9.17) is 0 Å². The number of hydrogen-bond donors (Lipinski definition) is 1. The van der Waals surface area contributed by atoms with E-state index in [1.165, 1.54) is 0 Å². The average molecular weight is 200 g/mol. The molecule has 0 aromatic heterocycles. The van der Waals surface area contributed by atoms with E-state index < -0.39 is 0 Å². The molecule has 14 heavy (non-hydrogen) atoms. The van der Waals surface area contributed by atoms with Crippen LogP contribution in [0.15, 0.2) is 0 Å². The number of rotatable bonds is 4. The lowest BCUT2D eigenvalue weighted by atomic mass is 10.2. The molecule has 4 nitrogen and oxygen atoms in total. The fourth-order valence-electron chi connectivity index (χ4n) is 1.80. The molecule has 0 aromatic carbocycles. The molecular formula is C10H20N2O2. The average Bonchev–Trinajstić information content (AvgIpc) is 2.47. The van der Waals surface area contributed by atoms with Crippen LogP contribution in [-0.4, -0.2) is 60.1 Å². The highest BCUT2D eigenvalue weighted by molar-refractivity contribution is 5.83. The molecule has 1 heterocycles. The lowest BCUT2D eigenvalue weighted by molar-refractivity contribution is -0.130. The van der Waals surface area contributed by atoms with Crippen LogP contribution in [0.5, 0.6) is 0 Å². The monoisotopic (exact) mass is 200 g/mol. The maximum Gasteiger partial charge on any atom is 0.239 e. The Balaban J connectivity index is 2.45. The zero-order valence-corrected chi connectivity index (χ0v) is 9.23. The van der Waals surface area contributed by atoms with Gasteiger partial charge in [0.2, 0.25) is 5.91 Å². The van der Waals surface area contributed by atoms with Gasteiger partial charge in [0, 0.05) is 20.1 Å². The Kier molecular flexibility index (Phi) is 3.89. The van der Waals surface area contributed by atoms with Crippen molar-refractivity contribution in [3.8, 4) is 0 Å². The SMILES string of the molecule is CC[C@@H](O)CN(C)[C@@H]1CCN(C)C1=O. The molecule has 0 aliphatic carbocycles. The minimum atomic E-state index is -0.321. The first kappa shape index (κ1) is 11.5. The predicted octanol–water partition coefficient (Wildman–Crippen LogP) is -0.0802. The van der Waals surface area contributed by atoms with Crippen molar-refractivity contribution >= 4 is 5.91 Å². The van der Waals surface area contributed by atoms with Gasteiger partial charge in [0.1, 0.15) is 0 Å². The van der Waals surface area contributed by atoms with E-state index in [1.54, 1.807) is 4.90 Å². The molecule has 0 saturated carbocycles. The quantitative estimate of drug-likeness (QED) is 0.690. The third-order valence-electron chi connectivity index (χ3n) is 2.90. The van der Waals surface area contributed by atoms with Gasteiger partial charge in [-0.1, -0.05) is 6.92 Å². The number of aliphatic hydroxyl groups is 1. The maximum atomic E-state index is 11.6. The number of carbonyl (C=O) groups excluding carboxylic acids is 1. The van der Waals surface area contributed by atoms with Crippen molar-refractivity contribution in [1.82, 2.24) is 9.80 Å². The highest BCUT2D eigenvalue weighted by Gasteiger charge is 2.32. The fraction of sp³-hybridized carbons (Fsp3) is 0.900. The molecule has 4 heteroatoms. The molecule has 1 aliphatic rings. The van der Waals surface area contributed by atoms with E-state index in [0.717, 1.165) is 19.4 Å². The molecule has 1 rings (SSSR count). The number of amides is 1. The maximum absolute atomic E-state index is 11.6. The van der Waals surface area contributed by atoms with E-state index in [-0.39, 0.29) is 18.1 Å². The van der Waals surface area contributed by atoms with Gasteiger partial charge >= 0.3 is 0 Å². The highest BCUT2D eigenvalue weighted by atomic mass is 16.3. The Morgan fingerprint density at radius 1 is 1.71 bits per heavy atom. The molecule has 0 unspecified atom stereocenters. The van der Waals surface area contributed by atoms with Crippen LogP contribution in [-0.2, 0) is 4.79 Å². The minimum Gasteiger partial charge on any atom is -0.392 e. The molecule has 0 spiro atoms. The van der Waals surface area contributed by atoms with Crippen LogP contribution in [0.4, 0.5) is 0 Å². The van der Waals surface area contributed by atoms with E-state index in [9.17, 15) is 9.90 Å². The first-order valence-electron chi connectivity index (χ1n) is 5.19. The van der Waals surface area contributed by atoms with Crippen molar-refractivity contribution in [3.63, 3.8) is 0 Å². The van der Waals surface area contributed by atoms with Gasteiger partial charge in [-0.15, -0.1) is 0 Å². The summed E-state index contributed by atoms with van der Waals surface area (Å²) in [5.74, 6) is 0.177. The molecule has 1 saturated heterocycles. The molecule has 2 atom stereocenters. The van der Waals surface area contributed by atoms with Gasteiger partial charge in [0.05, 0.1) is 12.1 Å². The second kappa shape index (κ2) is 4.75. The molecule has 1 aliphatic heterocycles. The topological polar surface area (TPSA) is 43.8 Å². The second-order valence-corrected chi connectivity index (χ2v) is 4.07. The Bertz CT molecular complexity index is 208. The summed E-state index contributed by atoms with van der Waals surface area (Å²) in [6.45, 7) is 3.36. The number of carbonyl (C=O) groups is 1. The van der Waals surface area contributed by atoms with Crippen LogP contribution in [0.2, 0.25) is 0 Å². The number of aliphatic hydroxyl groups excluding tert-OH is 1. The van der Waals surface area contributed by atoms with Gasteiger partial charge in [-0.25, -0.2) is 0 Å². The number of nitrogens with zero attached hydrogens (tertiary/aromatic N) is 2. The molecule has 1 fully saturated rings. The van der Waals surface area contributed by atoms with Crippen molar-refractivity contribution in [2.45, 2.75) is 31.9 Å². The Labute approximate surface area is 85.5 Å². The minimum absolute atomic E-state index is 0.0267. The molecular weight excluding hydrogens is 180 g/mol. The van der Waals surface area contributed by atoms with Crippen molar-refractivity contribution in [2.24, 2.45) is 0 Å². The summed E-state index contributed by atoms with van der Waals surface area (Å²) in [4.78, 5) is 15.3. The molecule has 82 valence electrons. The zero-order chi connectivity index (χ0) is 10.7. The predicted molar refractivity (Wildman–Crippen MR) is 55.0 cm³/mol. The first-order chi connectivity index (χ1) is 6.56. The summed E-state index contributed by atoms with van der Waals surface area (Å²) in [7, 11) is 3.73. The molecule has 1 N–H and O–H groups in total. The third kappa shape index (κ3) is 2.45. The lowest BCUT2D eigenvalue weighted by Crippen LogP contribution is -2.42. The summed E-state index contributed by atoms with van der Waals surface area (Å²) in [5, 5.41) is 9.47. The van der Waals surface area contributed by atoms with E-state index >= 15 is 0 Å². The normalized spacial score (nSPS) is 24.8. The number of likely N-dealkylation sites (tertiary alicyclic amines) is 1. The van der Waals surface area contributed by atoms with Gasteiger partial charge in [-0.2, -0.15) is 0 Å². The van der Waals surface area contributed by atoms with Crippen LogP contribution in [0, 0.1) is 0 Å². The number of likely N-dealkylation sites (N-methyl/N-ethyl adjacent to an activating group) is 2. The van der Waals surface area contributed by atoms with Gasteiger partial charge in [-0.05, 0) is 19.9 Å². The van der Waals surface area contributed by atoms with E-state index in [0.29, 0.717) is 6.54 Å². The Morgan fingerprint density at radius 2 is 2.36 bits per heavy atom. The van der Waals surface area contributed by atoms with Gasteiger partial charge < -0.3 is 10.0 Å². The summed E-state index contributed by atoms with van der Waals surface area (Å²) in [5.41, 5.74) is 0. The molecule has 0 bridgehead atoms. The van der Waals surface area contributed by atoms with Gasteiger partial charge in [0.25, 0.3) is 0 Å². The molecule has 0 aromatic rings. The smallest absolute Gasteiger partial charge is 0.239 e. The number of hydrogen-bond acceptors (Lipinski definition) is 3. The fourth-order valence-corrected chi connectivity index (χ4v) is 1.80. The van der Waals surface area contributed by atoms with Crippen LogP contribution in [0.25, 0.3) is 0 Å². The molecule has 1 amide bonds. The molecule has 0 radical (unpaired) electrons. The van der Waals surface area contributed by atoms with Crippen LogP contribution in [0.3, 0.4) is 0 Å². The lowest BCUT2D eigenvalue weighted by Gasteiger charge is -2.24. The first-order valence-corrected chi connectivity index (χ1v) is 5.19.